The molecule has 0 aromatic rings. The lowest BCUT2D eigenvalue weighted by Gasteiger charge is -1.97. The fraction of sp³-hybridized carbons (Fsp3) is 0.667. The van der Waals surface area contributed by atoms with Gasteiger partial charge < -0.3 is 0 Å². The summed E-state index contributed by atoms with van der Waals surface area (Å²) in [6.07, 6.45) is 0. The van der Waals surface area contributed by atoms with Crippen molar-refractivity contribution in [2.45, 2.75) is 13.8 Å². The summed E-state index contributed by atoms with van der Waals surface area (Å²) in [6, 6.07) is 0. The van der Waals surface area contributed by atoms with E-state index in [2.05, 4.69) is 6.58 Å². The van der Waals surface area contributed by atoms with E-state index in [4.69, 9.17) is 0 Å². The first kappa shape index (κ1) is 7.89. The van der Waals surface area contributed by atoms with Crippen molar-refractivity contribution < 1.29 is 4.21 Å². The van der Waals surface area contributed by atoms with E-state index >= 15 is 0 Å². The minimum Gasteiger partial charge on any atom is -0.255 e. The maximum Gasteiger partial charge on any atom is 0.0452 e. The Kier molecular flexibility index (Phi) is 3.79. The molecule has 0 radical (unpaired) electrons. The van der Waals surface area contributed by atoms with Gasteiger partial charge >= 0.3 is 0 Å². The van der Waals surface area contributed by atoms with Crippen LogP contribution in [0.3, 0.4) is 0 Å². The lowest BCUT2D eigenvalue weighted by molar-refractivity contribution is 0.670. The average Bonchev–Trinajstić information content (AvgIpc) is 1.65. The molecule has 0 aromatic carbocycles. The lowest BCUT2D eigenvalue weighted by atomic mass is 10.3. The minimum absolute atomic E-state index is 0.508. The molecular formula is C6H12OS. The second-order valence-electron chi connectivity index (χ2n) is 2.11. The zero-order chi connectivity index (χ0) is 6.57. The molecular weight excluding hydrogens is 120 g/mol. The fourth-order valence-corrected chi connectivity index (χ4v) is 1.19. The predicted molar refractivity (Wildman–Crippen MR) is 38.0 cm³/mol. The van der Waals surface area contributed by atoms with Crippen LogP contribution in [-0.2, 0) is 10.8 Å². The van der Waals surface area contributed by atoms with Gasteiger partial charge in [0, 0.05) is 16.6 Å². The van der Waals surface area contributed by atoms with Crippen LogP contribution in [0.1, 0.15) is 13.8 Å². The molecule has 0 amide bonds. The Hall–Kier alpha value is -0.110. The Morgan fingerprint density at radius 2 is 2.25 bits per heavy atom. The summed E-state index contributed by atoms with van der Waals surface area (Å²) in [5.41, 5.74) is 0. The van der Waals surface area contributed by atoms with Crippen LogP contribution in [-0.4, -0.2) is 9.96 Å². The third-order valence-corrected chi connectivity index (χ3v) is 2.05. The van der Waals surface area contributed by atoms with Crippen molar-refractivity contribution >= 4 is 10.8 Å². The van der Waals surface area contributed by atoms with Crippen LogP contribution >= 0.6 is 0 Å². The van der Waals surface area contributed by atoms with Crippen LogP contribution < -0.4 is 0 Å². The molecule has 0 rings (SSSR count). The summed E-state index contributed by atoms with van der Waals surface area (Å²) in [5, 5.41) is 1.49. The van der Waals surface area contributed by atoms with Crippen LogP contribution in [0, 0.1) is 5.92 Å². The van der Waals surface area contributed by atoms with Gasteiger partial charge in [-0.3, -0.25) is 4.21 Å². The summed E-state index contributed by atoms with van der Waals surface area (Å²) in [6.45, 7) is 7.50. The average molecular weight is 132 g/mol. The third kappa shape index (κ3) is 4.06. The van der Waals surface area contributed by atoms with Gasteiger partial charge in [-0.1, -0.05) is 20.4 Å². The highest BCUT2D eigenvalue weighted by molar-refractivity contribution is 7.87. The van der Waals surface area contributed by atoms with Crippen molar-refractivity contribution in [1.29, 1.82) is 0 Å². The summed E-state index contributed by atoms with van der Waals surface area (Å²) in [4.78, 5) is 0. The molecule has 2 heteroatoms. The Morgan fingerprint density at radius 3 is 2.38 bits per heavy atom. The molecule has 0 N–H and O–H groups in total. The van der Waals surface area contributed by atoms with Crippen molar-refractivity contribution in [1.82, 2.24) is 0 Å². The van der Waals surface area contributed by atoms with Crippen LogP contribution in [0.4, 0.5) is 0 Å². The van der Waals surface area contributed by atoms with E-state index < -0.39 is 10.8 Å². The molecule has 0 aromatic heterocycles. The van der Waals surface area contributed by atoms with Gasteiger partial charge in [-0.15, -0.1) is 0 Å². The Labute approximate surface area is 53.2 Å². The smallest absolute Gasteiger partial charge is 0.0452 e. The molecule has 0 spiro atoms. The highest BCUT2D eigenvalue weighted by Crippen LogP contribution is 1.95. The fourth-order valence-electron chi connectivity index (χ4n) is 0.397. The van der Waals surface area contributed by atoms with E-state index in [9.17, 15) is 4.21 Å². The maximum atomic E-state index is 10.6. The van der Waals surface area contributed by atoms with Crippen LogP contribution in [0.25, 0.3) is 0 Å². The standard InChI is InChI=1S/C6H12OS/c1-4-8(7)5-6(2)3/h4,6H,1,5H2,2-3H3. The molecule has 8 heavy (non-hydrogen) atoms. The van der Waals surface area contributed by atoms with Gasteiger partial charge in [-0.05, 0) is 11.3 Å². The van der Waals surface area contributed by atoms with Crippen LogP contribution in [0.5, 0.6) is 0 Å². The van der Waals surface area contributed by atoms with Gasteiger partial charge in [0.25, 0.3) is 0 Å². The van der Waals surface area contributed by atoms with E-state index in [0.29, 0.717) is 5.92 Å². The molecule has 1 atom stereocenters. The summed E-state index contributed by atoms with van der Waals surface area (Å²) < 4.78 is 10.6. The molecule has 0 fully saturated rings. The molecule has 0 aliphatic rings. The van der Waals surface area contributed by atoms with E-state index in [1.165, 1.54) is 5.41 Å². The van der Waals surface area contributed by atoms with Crippen molar-refractivity contribution in [3.63, 3.8) is 0 Å². The van der Waals surface area contributed by atoms with Gasteiger partial charge in [-0.2, -0.15) is 0 Å². The monoisotopic (exact) mass is 132 g/mol. The molecule has 0 bridgehead atoms. The number of hydrogen-bond donors (Lipinski definition) is 0. The van der Waals surface area contributed by atoms with Crippen LogP contribution in [0.2, 0.25) is 0 Å². The molecule has 0 aliphatic carbocycles. The third-order valence-electron chi connectivity index (χ3n) is 0.683. The van der Waals surface area contributed by atoms with E-state index in [-0.39, 0.29) is 0 Å². The molecule has 0 aliphatic heterocycles. The first-order valence-electron chi connectivity index (χ1n) is 2.66. The van der Waals surface area contributed by atoms with Gasteiger partial charge in [-0.25, -0.2) is 0 Å². The second kappa shape index (κ2) is 3.84. The van der Waals surface area contributed by atoms with E-state index in [1.54, 1.807) is 0 Å². The molecule has 48 valence electrons. The van der Waals surface area contributed by atoms with Crippen molar-refractivity contribution in [3.05, 3.63) is 12.0 Å². The van der Waals surface area contributed by atoms with Gasteiger partial charge in [0.15, 0.2) is 0 Å². The molecule has 0 saturated heterocycles. The molecule has 0 heterocycles. The predicted octanol–water partition coefficient (Wildman–Crippen LogP) is 1.53. The van der Waals surface area contributed by atoms with Crippen molar-refractivity contribution in [2.75, 3.05) is 5.75 Å². The molecule has 1 nitrogen and oxygen atoms in total. The minimum atomic E-state index is -0.793. The quantitative estimate of drug-likeness (QED) is 0.569. The first-order chi connectivity index (χ1) is 3.66. The summed E-state index contributed by atoms with van der Waals surface area (Å²) in [5.74, 6) is 1.25. The van der Waals surface area contributed by atoms with Crippen molar-refractivity contribution in [3.8, 4) is 0 Å². The molecule has 1 unspecified atom stereocenters. The Bertz CT molecular complexity index is 96.7. The highest BCUT2D eigenvalue weighted by atomic mass is 32.2. The van der Waals surface area contributed by atoms with Gasteiger partial charge in [0.1, 0.15) is 0 Å². The van der Waals surface area contributed by atoms with Gasteiger partial charge in [0.2, 0.25) is 0 Å². The van der Waals surface area contributed by atoms with Crippen LogP contribution in [0.15, 0.2) is 12.0 Å². The maximum absolute atomic E-state index is 10.6. The number of hydrogen-bond acceptors (Lipinski definition) is 1. The topological polar surface area (TPSA) is 17.1 Å². The zero-order valence-corrected chi connectivity index (χ0v) is 6.20. The Morgan fingerprint density at radius 1 is 1.75 bits per heavy atom. The van der Waals surface area contributed by atoms with E-state index in [0.717, 1.165) is 5.75 Å². The molecule has 0 saturated carbocycles. The van der Waals surface area contributed by atoms with E-state index in [1.807, 2.05) is 13.8 Å². The summed E-state index contributed by atoms with van der Waals surface area (Å²) >= 11 is 0. The highest BCUT2D eigenvalue weighted by Gasteiger charge is 1.95. The second-order valence-corrected chi connectivity index (χ2v) is 3.54. The zero-order valence-electron chi connectivity index (χ0n) is 5.39. The normalized spacial score (nSPS) is 13.9. The summed E-state index contributed by atoms with van der Waals surface area (Å²) in [7, 11) is -0.793. The van der Waals surface area contributed by atoms with Gasteiger partial charge in [0.05, 0.1) is 0 Å². The number of rotatable bonds is 3. The Balaban J connectivity index is 3.39. The largest absolute Gasteiger partial charge is 0.255 e. The van der Waals surface area contributed by atoms with Crippen molar-refractivity contribution in [2.24, 2.45) is 5.92 Å². The lowest BCUT2D eigenvalue weighted by Crippen LogP contribution is -2.00. The first-order valence-corrected chi connectivity index (χ1v) is 4.04. The SMILES string of the molecule is C=CS(=O)CC(C)C.